The maximum atomic E-state index is 13.8. The van der Waals surface area contributed by atoms with Gasteiger partial charge in [0.25, 0.3) is 23.6 Å². The topological polar surface area (TPSA) is 471 Å². The Bertz CT molecular complexity index is 4650. The second-order valence-electron chi connectivity index (χ2n) is 38.1. The maximum Gasteiger partial charge on any atom is 0.355 e. The number of aromatic amines is 4. The summed E-state index contributed by atoms with van der Waals surface area (Å²) < 4.78 is 66.3. The fraction of sp³-hybridized carbons (Fsp3) is 0.687. The van der Waals surface area contributed by atoms with Crippen molar-refractivity contribution in [2.24, 2.45) is 5.73 Å². The Morgan fingerprint density at radius 2 is 0.978 bits per heavy atom. The first-order chi connectivity index (χ1) is 67.0. The highest BCUT2D eigenvalue weighted by atomic mass is 19.1. The fourth-order valence-corrected chi connectivity index (χ4v) is 18.5. The molecule has 776 valence electrons. The van der Waals surface area contributed by atoms with Gasteiger partial charge in [-0.25, -0.2) is 14.0 Å². The zero-order valence-electron chi connectivity index (χ0n) is 83.1. The lowest BCUT2D eigenvalue weighted by molar-refractivity contribution is -0.110. The molecule has 5 aromatic rings. The minimum absolute atomic E-state index is 0.0484. The number of carbonyl (C=O) groups is 7. The van der Waals surface area contributed by atoms with Crippen LogP contribution in [0, 0.1) is 33.5 Å². The molecule has 0 aliphatic carbocycles. The van der Waals surface area contributed by atoms with Crippen LogP contribution in [0.15, 0.2) is 24.4 Å². The first kappa shape index (κ1) is 111. The molecule has 0 saturated carbocycles. The molecule has 39 nitrogen and oxygen atoms in total. The van der Waals surface area contributed by atoms with Crippen LogP contribution in [0.4, 0.5) is 10.1 Å². The highest BCUT2D eigenvalue weighted by Gasteiger charge is 2.36. The quantitative estimate of drug-likeness (QED) is 0.0103. The van der Waals surface area contributed by atoms with Crippen LogP contribution >= 0.6 is 0 Å². The van der Waals surface area contributed by atoms with Crippen LogP contribution in [0.3, 0.4) is 0 Å². The van der Waals surface area contributed by atoms with Gasteiger partial charge in [0, 0.05) is 229 Å². The number of nitrogens with zero attached hydrogens (tertiary/aromatic N) is 9. The molecule has 12 aliphatic rings. The van der Waals surface area contributed by atoms with Crippen LogP contribution in [0.25, 0.3) is 11.6 Å². The normalized spacial score (nSPS) is 21.1. The van der Waals surface area contributed by atoms with Gasteiger partial charge in [-0.15, -0.1) is 0 Å². The molecule has 12 aliphatic heterocycles. The van der Waals surface area contributed by atoms with Crippen molar-refractivity contribution in [1.82, 2.24) is 74.7 Å². The Balaban J connectivity index is 0.000000164. The lowest BCUT2D eigenvalue weighted by Gasteiger charge is -2.31. The number of rotatable bonds is 30. The minimum Gasteiger partial charge on any atom is -0.462 e. The van der Waals surface area contributed by atoms with Gasteiger partial charge in [-0.2, -0.15) is 0 Å². The van der Waals surface area contributed by atoms with E-state index in [1.807, 2.05) is 20.0 Å². The van der Waals surface area contributed by atoms with Crippen LogP contribution in [-0.4, -0.2) is 469 Å². The lowest BCUT2D eigenvalue weighted by Crippen LogP contribution is -2.46. The number of epoxide rings is 1. The van der Waals surface area contributed by atoms with E-state index in [2.05, 4.69) is 65.3 Å². The average Bonchev–Trinajstić information content (AvgIpc) is 1.61. The van der Waals surface area contributed by atoms with Crippen LogP contribution in [0.1, 0.15) is 172 Å². The summed E-state index contributed by atoms with van der Waals surface area (Å²) in [7, 11) is 0. The molecule has 6 atom stereocenters. The van der Waals surface area contributed by atoms with Gasteiger partial charge in [-0.3, -0.25) is 53.4 Å². The zero-order chi connectivity index (χ0) is 99.3. The number of hydrogen-bond donors (Lipinski definition) is 13. The number of aromatic nitrogens is 4. The Morgan fingerprint density at radius 1 is 0.547 bits per heavy atom. The fourth-order valence-electron chi connectivity index (χ4n) is 18.5. The summed E-state index contributed by atoms with van der Waals surface area (Å²) in [6, 6.07) is 4.19. The predicted molar refractivity (Wildman–Crippen MR) is 521 cm³/mol. The molecule has 4 aromatic heterocycles. The monoisotopic (exact) mass is 1950 g/mol. The molecule has 0 unspecified atom stereocenters. The first-order valence-electron chi connectivity index (χ1n) is 49.9. The third-order valence-corrected chi connectivity index (χ3v) is 25.9. The number of ether oxygens (including phenoxy) is 10. The number of nitrogens with one attached hydrogen (secondary N) is 7. The van der Waals surface area contributed by atoms with E-state index in [4.69, 9.17) is 53.1 Å². The number of aldehydes is 1. The van der Waals surface area contributed by atoms with Gasteiger partial charge in [0.2, 0.25) is 0 Å². The second-order valence-corrected chi connectivity index (χ2v) is 38.1. The lowest BCUT2D eigenvalue weighted by atomic mass is 10.0. The summed E-state index contributed by atoms with van der Waals surface area (Å²) in [5, 5.41) is 60.0. The van der Waals surface area contributed by atoms with Gasteiger partial charge >= 0.3 is 11.9 Å². The van der Waals surface area contributed by atoms with E-state index in [9.17, 15) is 63.5 Å². The summed E-state index contributed by atoms with van der Waals surface area (Å²) in [5.74, 6) is -1.81. The van der Waals surface area contributed by atoms with Crippen molar-refractivity contribution in [3.63, 3.8) is 0 Å². The second kappa shape index (κ2) is 57.2. The molecule has 17 rings (SSSR count). The van der Waals surface area contributed by atoms with E-state index in [0.717, 1.165) is 236 Å². The number of aliphatic hydroxyl groups excluding tert-OH is 5. The number of anilines is 1. The number of hydrogen-bond acceptors (Lipinski definition) is 31. The van der Waals surface area contributed by atoms with E-state index in [1.165, 1.54) is 12.1 Å². The Morgan fingerprint density at radius 3 is 1.41 bits per heavy atom. The molecular weight excluding hydrogens is 1800 g/mol. The Labute approximate surface area is 816 Å². The number of benzene rings is 1. The number of fused-ring (bicyclic) bond motifs is 4. The number of nitrogens with two attached hydrogens (primary N) is 1. The summed E-state index contributed by atoms with van der Waals surface area (Å²) in [5.41, 5.74) is 16.3. The number of halogens is 1. The van der Waals surface area contributed by atoms with Crippen LogP contribution in [-0.2, 0) is 77.8 Å². The number of carbonyl (C=O) groups excluding carboxylic acids is 7. The summed E-state index contributed by atoms with van der Waals surface area (Å²) in [6.07, 6.45) is 8.46. The molecule has 0 bridgehead atoms. The summed E-state index contributed by atoms with van der Waals surface area (Å²) in [4.78, 5) is 119. The zero-order valence-corrected chi connectivity index (χ0v) is 83.1. The van der Waals surface area contributed by atoms with Gasteiger partial charge in [0.05, 0.1) is 176 Å². The third kappa shape index (κ3) is 35.3. The van der Waals surface area contributed by atoms with E-state index >= 15 is 0 Å². The number of aliphatic hydroxyl groups is 5. The standard InChI is InChI=1S/C25H29FN4O4.C23H39N3O6.C17H25N3O4.C16H25N3O3.C7H16N2O2.C7H13NO2.C4H9NO/c1-15-22(12-19-18-11-16(26)4-5-20(18)28-24(19)32)27-21-3-2-6-30(25(33)23(15)21)14-17(31)13-29-7-9-34-10-8-29;1-6-31-21(28)19-16(2)20(22(29)32-23(3,4)5)25-18(19)8-7-9-24-14-17(27)15-26-10-12-30-13-11-26;1-12-15(11-21)18-14-3-2-4-20(17(23)16(12)14)10-13(22)9-19-5-7-24-8-6-19;1-12-9-17-14-3-2-4-19(16(21)15(12)14)11-13(20)10-18-5-7-22-8-6-18;8-5-7(10)6-9-1-3-11-4-2-9;1-3-9-4-2-8(1)5-7-6-10-7;1-3-6-4-2-5-1/h4-5,11-12,17,27,31H,2-3,6-10,13-14H2,1H3,(H,28,32);17,24-25,27H,6-15H2,1-5H3;11,13,18,22H,2-10H2,1H3;9,13,17,20H,2-8,10-11H2,1H3;7,10H,1-6,8H2;7H,1-6H2;5H,1-4H2/b19-12-;;;;;;/t2*17-;2*13-;2*7-;/m101101./s1. The highest BCUT2D eigenvalue weighted by molar-refractivity contribution is 6.35. The number of H-pyrrole nitrogens is 4. The van der Waals surface area contributed by atoms with Crippen LogP contribution in [0.5, 0.6) is 0 Å². The summed E-state index contributed by atoms with van der Waals surface area (Å²) in [6.45, 7) is 47.5. The summed E-state index contributed by atoms with van der Waals surface area (Å²) >= 11 is 0. The van der Waals surface area contributed by atoms with Gasteiger partial charge < -0.3 is 129 Å². The third-order valence-electron chi connectivity index (χ3n) is 25.9. The van der Waals surface area contributed by atoms with Gasteiger partial charge in [-0.05, 0) is 160 Å². The maximum absolute atomic E-state index is 13.8. The van der Waals surface area contributed by atoms with Crippen molar-refractivity contribution in [2.45, 2.75) is 149 Å². The minimum atomic E-state index is -0.641. The van der Waals surface area contributed by atoms with Gasteiger partial charge in [0.15, 0.2) is 6.29 Å². The predicted octanol–water partition coefficient (Wildman–Crippen LogP) is 2.29. The number of morpholine rings is 7. The molecule has 139 heavy (non-hydrogen) atoms. The van der Waals surface area contributed by atoms with E-state index in [1.54, 1.807) is 68.4 Å². The van der Waals surface area contributed by atoms with Crippen molar-refractivity contribution in [3.05, 3.63) is 120 Å². The highest BCUT2D eigenvalue weighted by Crippen LogP contribution is 2.36. The van der Waals surface area contributed by atoms with E-state index in [0.29, 0.717) is 205 Å². The van der Waals surface area contributed by atoms with Crippen molar-refractivity contribution < 1.29 is 111 Å². The molecule has 40 heteroatoms. The van der Waals surface area contributed by atoms with Crippen LogP contribution < -0.4 is 21.7 Å². The first-order valence-corrected chi connectivity index (χ1v) is 49.9. The molecule has 4 amide bonds. The average molecular weight is 1960 g/mol. The van der Waals surface area contributed by atoms with Gasteiger partial charge in [-0.1, -0.05) is 0 Å². The Hall–Kier alpha value is -8.38. The van der Waals surface area contributed by atoms with Crippen LogP contribution in [0.2, 0.25) is 0 Å². The molecule has 1 aromatic carbocycles. The van der Waals surface area contributed by atoms with Crippen molar-refractivity contribution >= 4 is 59.2 Å². The van der Waals surface area contributed by atoms with E-state index < -0.39 is 47.8 Å². The van der Waals surface area contributed by atoms with Crippen molar-refractivity contribution in [1.29, 1.82) is 0 Å². The smallest absolute Gasteiger partial charge is 0.355 e. The van der Waals surface area contributed by atoms with Gasteiger partial charge in [0.1, 0.15) is 17.1 Å². The number of β-amino-alcohol motifs (C(OH)–C–C–N with tert-alkyl or cyclic N) is 5. The molecular formula is C99H156FN17O22. The molecule has 8 saturated heterocycles. The van der Waals surface area contributed by atoms with E-state index in [-0.39, 0.29) is 48.6 Å². The number of amides is 4. The molecule has 8 fully saturated rings. The molecule has 16 heterocycles. The van der Waals surface area contributed by atoms with Crippen molar-refractivity contribution in [3.8, 4) is 0 Å². The molecule has 14 N–H and O–H groups in total. The SMILES string of the molecule is C1CN(C[C@@H]2CO2)CCO1.C1COCCN1.CCOC(=O)c1c(CCCNC[C@H](O)CN2CCOCC2)[nH]c(C(=O)OC(C)(C)C)c1C.Cc1c(/C=C2\C(=O)Nc3ccc(F)cc32)[nH]c2c1C(=O)N(C[C@H](O)CN1CCOCC1)CCC2.Cc1c(C=O)[nH]c2c1C(=O)N(C[C@H](O)CN1CCOCC1)CCC2.Cc1c[nH]c2c1C(=O)N(C[C@H](O)CN1CCOCC1)CCC2.NC[C@H](O)CN1CCOCC1. The molecule has 0 radical (unpaired) electrons. The molecule has 0 spiro atoms. The Kier molecular flexibility index (Phi) is 45.7. The largest absolute Gasteiger partial charge is 0.462 e. The van der Waals surface area contributed by atoms with Crippen molar-refractivity contribution in [2.75, 3.05) is 301 Å². The number of aryl methyl sites for hydroxylation is 5. The number of esters is 2.